The van der Waals surface area contributed by atoms with E-state index in [0.29, 0.717) is 0 Å². The van der Waals surface area contributed by atoms with Gasteiger partial charge in [0, 0.05) is 22.5 Å². The third kappa shape index (κ3) is 2.37. The fourth-order valence-corrected chi connectivity index (χ4v) is 2.76. The van der Waals surface area contributed by atoms with Crippen molar-refractivity contribution in [2.75, 3.05) is 0 Å². The zero-order chi connectivity index (χ0) is 15.5. The lowest BCUT2D eigenvalue weighted by Gasteiger charge is -2.03. The predicted molar refractivity (Wildman–Crippen MR) is 95.1 cm³/mol. The second-order valence-electron chi connectivity index (χ2n) is 5.13. The number of nitrogens with one attached hydrogen (secondary N) is 1. The van der Waals surface area contributed by atoms with Crippen molar-refractivity contribution < 1.29 is 0 Å². The van der Waals surface area contributed by atoms with E-state index < -0.39 is 0 Å². The lowest BCUT2D eigenvalue weighted by molar-refractivity contribution is 1.30. The van der Waals surface area contributed by atoms with E-state index in [1.807, 2.05) is 26.1 Å². The Morgan fingerprint density at radius 3 is 2.41 bits per heavy atom. The molecule has 0 atom stereocenters. The first-order valence-corrected chi connectivity index (χ1v) is 7.75. The predicted octanol–water partition coefficient (Wildman–Crippen LogP) is 5.72. The summed E-state index contributed by atoms with van der Waals surface area (Å²) in [6.07, 6.45) is 1.90. The van der Waals surface area contributed by atoms with E-state index in [0.717, 1.165) is 11.2 Å². The topological polar surface area (TPSA) is 28.7 Å². The molecule has 0 unspecified atom stereocenters. The lowest BCUT2D eigenvalue weighted by Crippen LogP contribution is -1.79. The highest BCUT2D eigenvalue weighted by molar-refractivity contribution is 6.10. The minimum atomic E-state index is 0.953. The molecule has 0 saturated heterocycles. The molecular weight excluding hydrogens is 268 g/mol. The van der Waals surface area contributed by atoms with Gasteiger partial charge in [0.15, 0.2) is 0 Å². The molecule has 2 aromatic carbocycles. The lowest BCUT2D eigenvalue weighted by atomic mass is 10.0. The Morgan fingerprint density at radius 1 is 0.864 bits per heavy atom. The Balaban J connectivity index is 0.000000693. The van der Waals surface area contributed by atoms with Crippen LogP contribution in [0, 0.1) is 6.92 Å². The van der Waals surface area contributed by atoms with Crippen LogP contribution in [0.15, 0.2) is 60.8 Å². The van der Waals surface area contributed by atoms with Gasteiger partial charge in [-0.3, -0.25) is 0 Å². The fraction of sp³-hybridized carbons (Fsp3) is 0.150. The Labute approximate surface area is 130 Å². The number of nitrogens with zero attached hydrogens (tertiary/aromatic N) is 1. The standard InChI is InChI=1S/C18H14N2.C2H6/c1-12-10-16-15-9-5-8-14(13-6-3-2-4-7-13)17(15)20-18(16)19-11-12;1-2/h2-11H,1H3,(H,19,20);1-2H3. The monoisotopic (exact) mass is 288 g/mol. The van der Waals surface area contributed by atoms with Gasteiger partial charge in [-0.2, -0.15) is 0 Å². The molecule has 0 aliphatic carbocycles. The van der Waals surface area contributed by atoms with Crippen LogP contribution in [0.4, 0.5) is 0 Å². The molecule has 0 radical (unpaired) electrons. The van der Waals surface area contributed by atoms with Gasteiger partial charge in [-0.1, -0.05) is 62.4 Å². The number of rotatable bonds is 1. The van der Waals surface area contributed by atoms with Crippen LogP contribution in [-0.2, 0) is 0 Å². The van der Waals surface area contributed by atoms with Crippen LogP contribution >= 0.6 is 0 Å². The Morgan fingerprint density at radius 2 is 1.64 bits per heavy atom. The molecule has 2 heteroatoms. The maximum absolute atomic E-state index is 4.50. The summed E-state index contributed by atoms with van der Waals surface area (Å²) in [5, 5.41) is 2.43. The molecule has 0 aliphatic rings. The quantitative estimate of drug-likeness (QED) is 0.477. The number of pyridine rings is 1. The number of aromatic amines is 1. The summed E-state index contributed by atoms with van der Waals surface area (Å²) in [5.41, 5.74) is 5.74. The van der Waals surface area contributed by atoms with Gasteiger partial charge >= 0.3 is 0 Å². The zero-order valence-electron chi connectivity index (χ0n) is 13.2. The Hall–Kier alpha value is -2.61. The molecule has 2 aromatic heterocycles. The number of fused-ring (bicyclic) bond motifs is 3. The van der Waals surface area contributed by atoms with Crippen LogP contribution in [0.1, 0.15) is 19.4 Å². The van der Waals surface area contributed by atoms with Gasteiger partial charge < -0.3 is 4.98 Å². The highest BCUT2D eigenvalue weighted by Crippen LogP contribution is 2.32. The van der Waals surface area contributed by atoms with E-state index in [2.05, 4.69) is 65.4 Å². The molecular formula is C20H20N2. The molecule has 4 rings (SSSR count). The molecule has 0 aliphatic heterocycles. The summed E-state index contributed by atoms with van der Waals surface area (Å²) >= 11 is 0. The average Bonchev–Trinajstić information content (AvgIpc) is 2.95. The maximum Gasteiger partial charge on any atom is 0.138 e. The molecule has 0 amide bonds. The summed E-state index contributed by atoms with van der Waals surface area (Å²) in [7, 11) is 0. The van der Waals surface area contributed by atoms with Crippen LogP contribution in [0.25, 0.3) is 33.1 Å². The van der Waals surface area contributed by atoms with E-state index in [-0.39, 0.29) is 0 Å². The van der Waals surface area contributed by atoms with Gasteiger partial charge in [-0.15, -0.1) is 0 Å². The van der Waals surface area contributed by atoms with Gasteiger partial charge in [0.1, 0.15) is 5.65 Å². The second kappa shape index (κ2) is 6.02. The van der Waals surface area contributed by atoms with E-state index >= 15 is 0 Å². The van der Waals surface area contributed by atoms with Crippen LogP contribution in [0.3, 0.4) is 0 Å². The number of H-pyrrole nitrogens is 1. The second-order valence-corrected chi connectivity index (χ2v) is 5.13. The third-order valence-corrected chi connectivity index (χ3v) is 3.71. The summed E-state index contributed by atoms with van der Waals surface area (Å²) in [5.74, 6) is 0. The van der Waals surface area contributed by atoms with Crippen LogP contribution in [0.5, 0.6) is 0 Å². The molecule has 0 saturated carbocycles. The number of aryl methyl sites for hydroxylation is 1. The van der Waals surface area contributed by atoms with Crippen LogP contribution in [0.2, 0.25) is 0 Å². The van der Waals surface area contributed by atoms with Gasteiger partial charge in [-0.05, 0) is 24.1 Å². The highest BCUT2D eigenvalue weighted by Gasteiger charge is 2.09. The van der Waals surface area contributed by atoms with Gasteiger partial charge in [0.25, 0.3) is 0 Å². The zero-order valence-corrected chi connectivity index (χ0v) is 13.2. The first-order chi connectivity index (χ1) is 10.8. The molecule has 2 heterocycles. The van der Waals surface area contributed by atoms with E-state index in [1.165, 1.54) is 27.5 Å². The Bertz CT molecular complexity index is 905. The van der Waals surface area contributed by atoms with Crippen molar-refractivity contribution in [3.63, 3.8) is 0 Å². The minimum absolute atomic E-state index is 0.953. The average molecular weight is 288 g/mol. The van der Waals surface area contributed by atoms with E-state index in [9.17, 15) is 0 Å². The molecule has 22 heavy (non-hydrogen) atoms. The SMILES string of the molecule is CC.Cc1cnc2[nH]c3c(-c4ccccc4)cccc3c2c1. The summed E-state index contributed by atoms with van der Waals surface area (Å²) in [4.78, 5) is 7.96. The molecule has 0 fully saturated rings. The fourth-order valence-electron chi connectivity index (χ4n) is 2.76. The number of hydrogen-bond acceptors (Lipinski definition) is 1. The van der Waals surface area contributed by atoms with Crippen molar-refractivity contribution in [2.24, 2.45) is 0 Å². The van der Waals surface area contributed by atoms with Crippen LogP contribution in [-0.4, -0.2) is 9.97 Å². The largest absolute Gasteiger partial charge is 0.339 e. The van der Waals surface area contributed by atoms with E-state index in [4.69, 9.17) is 0 Å². The third-order valence-electron chi connectivity index (χ3n) is 3.71. The number of hydrogen-bond donors (Lipinski definition) is 1. The summed E-state index contributed by atoms with van der Waals surface area (Å²) in [6.45, 7) is 6.08. The van der Waals surface area contributed by atoms with Crippen molar-refractivity contribution in [1.82, 2.24) is 9.97 Å². The molecule has 4 aromatic rings. The normalized spacial score (nSPS) is 10.5. The van der Waals surface area contributed by atoms with Crippen molar-refractivity contribution in [3.05, 3.63) is 66.4 Å². The maximum atomic E-state index is 4.50. The summed E-state index contributed by atoms with van der Waals surface area (Å²) < 4.78 is 0. The van der Waals surface area contributed by atoms with E-state index in [1.54, 1.807) is 0 Å². The van der Waals surface area contributed by atoms with Gasteiger partial charge in [0.2, 0.25) is 0 Å². The highest BCUT2D eigenvalue weighted by atomic mass is 14.8. The van der Waals surface area contributed by atoms with Gasteiger partial charge in [-0.25, -0.2) is 4.98 Å². The van der Waals surface area contributed by atoms with Gasteiger partial charge in [0.05, 0.1) is 5.52 Å². The molecule has 110 valence electrons. The molecule has 2 nitrogen and oxygen atoms in total. The Kier molecular flexibility index (Phi) is 3.92. The number of para-hydroxylation sites is 1. The first-order valence-electron chi connectivity index (χ1n) is 7.75. The van der Waals surface area contributed by atoms with Crippen molar-refractivity contribution in [2.45, 2.75) is 20.8 Å². The minimum Gasteiger partial charge on any atom is -0.339 e. The molecule has 0 bridgehead atoms. The first kappa shape index (κ1) is 14.3. The smallest absolute Gasteiger partial charge is 0.138 e. The summed E-state index contributed by atoms with van der Waals surface area (Å²) in [6, 6.07) is 19.1. The van der Waals surface area contributed by atoms with Crippen molar-refractivity contribution >= 4 is 21.9 Å². The van der Waals surface area contributed by atoms with Crippen LogP contribution < -0.4 is 0 Å². The van der Waals surface area contributed by atoms with Crippen molar-refractivity contribution in [3.8, 4) is 11.1 Å². The molecule has 0 spiro atoms. The number of benzene rings is 2. The number of aromatic nitrogens is 2. The molecule has 1 N–H and O–H groups in total. The van der Waals surface area contributed by atoms with Crippen molar-refractivity contribution in [1.29, 1.82) is 0 Å².